The summed E-state index contributed by atoms with van der Waals surface area (Å²) in [5.74, 6) is -0.783. The van der Waals surface area contributed by atoms with Gasteiger partial charge in [0, 0.05) is 0 Å². The summed E-state index contributed by atoms with van der Waals surface area (Å²) in [6, 6.07) is 4.90. The number of hydrogen-bond acceptors (Lipinski definition) is 6. The van der Waals surface area contributed by atoms with E-state index in [1.54, 1.807) is 24.3 Å². The maximum absolute atomic E-state index is 11.9. The second-order valence-electron chi connectivity index (χ2n) is 5.01. The lowest BCUT2D eigenvalue weighted by Gasteiger charge is -2.37. The molecule has 114 valence electrons. The molecule has 1 aliphatic heterocycles. The molecule has 1 aromatic carbocycles. The van der Waals surface area contributed by atoms with E-state index in [4.69, 9.17) is 9.47 Å². The highest BCUT2D eigenvalue weighted by molar-refractivity contribution is 6.01. The van der Waals surface area contributed by atoms with E-state index in [1.807, 2.05) is 12.1 Å². The van der Waals surface area contributed by atoms with E-state index in [1.165, 1.54) is 14.2 Å². The van der Waals surface area contributed by atoms with Crippen LogP contribution in [0.15, 0.2) is 42.0 Å². The fourth-order valence-electron chi connectivity index (χ4n) is 2.74. The van der Waals surface area contributed by atoms with Crippen molar-refractivity contribution in [3.63, 3.8) is 0 Å². The minimum Gasteiger partial charge on any atom is -0.466 e. The lowest BCUT2D eigenvalue weighted by molar-refractivity contribution is -0.136. The molecule has 2 N–H and O–H groups in total. The maximum Gasteiger partial charge on any atom is 0.340 e. The molecular weight excluding hydrogens is 284 g/mol. The molecule has 0 saturated heterocycles. The zero-order valence-corrected chi connectivity index (χ0v) is 12.3. The topological polar surface area (TPSA) is 76.7 Å². The Bertz CT molecular complexity index is 693. The number of carbonyl (C=O) groups is 2. The van der Waals surface area contributed by atoms with Crippen LogP contribution in [0, 0.1) is 0 Å². The van der Waals surface area contributed by atoms with Gasteiger partial charge >= 0.3 is 11.9 Å². The second kappa shape index (κ2) is 5.55. The summed E-state index contributed by atoms with van der Waals surface area (Å²) >= 11 is 0. The van der Waals surface area contributed by atoms with Crippen molar-refractivity contribution in [1.82, 2.24) is 0 Å². The Kier molecular flexibility index (Phi) is 3.58. The molecule has 0 saturated carbocycles. The Balaban J connectivity index is 1.99. The number of para-hydroxylation sites is 1. The monoisotopic (exact) mass is 300 g/mol. The number of methoxy groups -OCH3 is 2. The number of hydrogen-bond donors (Lipinski definition) is 2. The van der Waals surface area contributed by atoms with E-state index in [-0.39, 0.29) is 18.1 Å². The van der Waals surface area contributed by atoms with E-state index in [0.717, 1.165) is 5.69 Å². The summed E-state index contributed by atoms with van der Waals surface area (Å²) in [4.78, 5) is 23.8. The molecule has 2 aliphatic rings. The van der Waals surface area contributed by atoms with Crippen LogP contribution in [0.3, 0.4) is 0 Å². The summed E-state index contributed by atoms with van der Waals surface area (Å²) in [6.45, 7) is 0. The van der Waals surface area contributed by atoms with Crippen molar-refractivity contribution in [2.75, 3.05) is 24.9 Å². The van der Waals surface area contributed by atoms with Gasteiger partial charge in [-0.25, -0.2) is 9.59 Å². The summed E-state index contributed by atoms with van der Waals surface area (Å²) in [5.41, 5.74) is 2.41. The van der Waals surface area contributed by atoms with E-state index >= 15 is 0 Å². The molecule has 0 fully saturated rings. The van der Waals surface area contributed by atoms with Gasteiger partial charge in [0.2, 0.25) is 0 Å². The van der Waals surface area contributed by atoms with E-state index in [0.29, 0.717) is 16.8 Å². The number of allylic oxidation sites excluding steroid dienone is 2. The van der Waals surface area contributed by atoms with Crippen LogP contribution in [0.4, 0.5) is 11.4 Å². The van der Waals surface area contributed by atoms with Gasteiger partial charge in [0.15, 0.2) is 0 Å². The molecule has 0 radical (unpaired) electrons. The third-order valence-corrected chi connectivity index (χ3v) is 3.80. The number of nitrogens with one attached hydrogen (secondary N) is 2. The molecule has 6 nitrogen and oxygen atoms in total. The molecule has 1 aliphatic carbocycles. The van der Waals surface area contributed by atoms with Crippen LogP contribution in [0.2, 0.25) is 0 Å². The second-order valence-corrected chi connectivity index (χ2v) is 5.01. The zero-order valence-electron chi connectivity index (χ0n) is 12.3. The lowest BCUT2D eigenvalue weighted by Crippen LogP contribution is -2.46. The lowest BCUT2D eigenvalue weighted by atomic mass is 9.90. The summed E-state index contributed by atoms with van der Waals surface area (Å²) in [7, 11) is 2.70. The van der Waals surface area contributed by atoms with Gasteiger partial charge in [-0.1, -0.05) is 18.2 Å². The molecule has 3 rings (SSSR count). The summed E-state index contributed by atoms with van der Waals surface area (Å²) < 4.78 is 9.63. The van der Waals surface area contributed by atoms with Gasteiger partial charge in [0.25, 0.3) is 0 Å². The first-order valence-corrected chi connectivity index (χ1v) is 6.87. The van der Waals surface area contributed by atoms with E-state index in [2.05, 4.69) is 10.6 Å². The highest BCUT2D eigenvalue weighted by atomic mass is 16.5. The predicted octanol–water partition coefficient (Wildman–Crippen LogP) is 1.72. The third-order valence-electron chi connectivity index (χ3n) is 3.80. The molecule has 22 heavy (non-hydrogen) atoms. The van der Waals surface area contributed by atoms with E-state index in [9.17, 15) is 9.59 Å². The molecule has 0 amide bonds. The van der Waals surface area contributed by atoms with Gasteiger partial charge < -0.3 is 20.1 Å². The molecule has 6 heteroatoms. The number of rotatable bonds is 2. The normalized spacial score (nSPS) is 21.5. The zero-order chi connectivity index (χ0) is 15.7. The Morgan fingerprint density at radius 3 is 2.59 bits per heavy atom. The molecule has 0 bridgehead atoms. The summed E-state index contributed by atoms with van der Waals surface area (Å²) in [6.07, 6.45) is 5.46. The van der Waals surface area contributed by atoms with Crippen molar-refractivity contribution in [1.29, 1.82) is 0 Å². The van der Waals surface area contributed by atoms with Gasteiger partial charge in [-0.05, 0) is 18.2 Å². The fourth-order valence-corrected chi connectivity index (χ4v) is 2.74. The first-order chi connectivity index (χ1) is 10.7. The number of benzene rings is 1. The van der Waals surface area contributed by atoms with E-state index < -0.39 is 5.97 Å². The average molecular weight is 300 g/mol. The van der Waals surface area contributed by atoms with Crippen molar-refractivity contribution in [3.8, 4) is 0 Å². The molecule has 2 unspecified atom stereocenters. The minimum atomic E-state index is -0.409. The molecule has 1 aromatic rings. The highest BCUT2D eigenvalue weighted by Gasteiger charge is 2.35. The van der Waals surface area contributed by atoms with Gasteiger partial charge in [-0.3, -0.25) is 0 Å². The quantitative estimate of drug-likeness (QED) is 0.810. The minimum absolute atomic E-state index is 0.155. The Morgan fingerprint density at radius 2 is 1.86 bits per heavy atom. The summed E-state index contributed by atoms with van der Waals surface area (Å²) in [5, 5.41) is 6.59. The van der Waals surface area contributed by atoms with Crippen molar-refractivity contribution < 1.29 is 19.1 Å². The van der Waals surface area contributed by atoms with Gasteiger partial charge in [0.05, 0.1) is 48.8 Å². The number of ether oxygens (including phenoxy) is 2. The molecule has 0 spiro atoms. The molecular formula is C16H16N2O4. The number of carbonyl (C=O) groups excluding carboxylic acids is 2. The predicted molar refractivity (Wildman–Crippen MR) is 81.8 cm³/mol. The average Bonchev–Trinajstić information content (AvgIpc) is 2.57. The maximum atomic E-state index is 11.9. The van der Waals surface area contributed by atoms with Crippen LogP contribution >= 0.6 is 0 Å². The first kappa shape index (κ1) is 14.2. The van der Waals surface area contributed by atoms with Crippen LogP contribution in [-0.4, -0.2) is 38.2 Å². The molecule has 1 heterocycles. The Morgan fingerprint density at radius 1 is 1.09 bits per heavy atom. The van der Waals surface area contributed by atoms with Crippen molar-refractivity contribution in [3.05, 3.63) is 47.6 Å². The van der Waals surface area contributed by atoms with Crippen LogP contribution in [0.1, 0.15) is 10.4 Å². The van der Waals surface area contributed by atoms with Crippen LogP contribution in [0.25, 0.3) is 0 Å². The number of fused-ring (bicyclic) bond motifs is 2. The van der Waals surface area contributed by atoms with Gasteiger partial charge in [0.1, 0.15) is 0 Å². The van der Waals surface area contributed by atoms with Gasteiger partial charge in [-0.15, -0.1) is 0 Å². The number of esters is 2. The van der Waals surface area contributed by atoms with Crippen LogP contribution in [-0.2, 0) is 14.3 Å². The SMILES string of the molecule is COC(=O)C1=CC=CC2Nc3c(cccc3C(=O)OC)NC12. The molecule has 2 atom stereocenters. The van der Waals surface area contributed by atoms with Crippen LogP contribution < -0.4 is 10.6 Å². The third kappa shape index (κ3) is 2.22. The van der Waals surface area contributed by atoms with Crippen LogP contribution in [0.5, 0.6) is 0 Å². The first-order valence-electron chi connectivity index (χ1n) is 6.87. The Hall–Kier alpha value is -2.76. The fraction of sp³-hybridized carbons (Fsp3) is 0.250. The Labute approximate surface area is 127 Å². The van der Waals surface area contributed by atoms with Crippen molar-refractivity contribution in [2.24, 2.45) is 0 Å². The van der Waals surface area contributed by atoms with Crippen molar-refractivity contribution in [2.45, 2.75) is 12.1 Å². The number of anilines is 2. The highest BCUT2D eigenvalue weighted by Crippen LogP contribution is 2.35. The largest absolute Gasteiger partial charge is 0.466 e. The van der Waals surface area contributed by atoms with Crippen molar-refractivity contribution >= 4 is 23.3 Å². The molecule has 0 aromatic heterocycles. The smallest absolute Gasteiger partial charge is 0.340 e. The standard InChI is InChI=1S/C16H16N2O4/c1-21-15(19)9-5-3-7-11-13(9)17-12-8-4-6-10(14(12)18-11)16(20)22-2/h3-8,11,13,17-18H,1-2H3. The van der Waals surface area contributed by atoms with Gasteiger partial charge in [-0.2, -0.15) is 0 Å².